The number of sulfone groups is 2. The van der Waals surface area contributed by atoms with Crippen molar-refractivity contribution in [3.05, 3.63) is 147 Å². The third-order valence-corrected chi connectivity index (χ3v) is 17.9. The Hall–Kier alpha value is -5.78. The van der Waals surface area contributed by atoms with Crippen LogP contribution in [0.3, 0.4) is 0 Å². The number of amides is 1. The molecule has 3 fully saturated rings. The first kappa shape index (κ1) is 68.7. The highest BCUT2D eigenvalue weighted by molar-refractivity contribution is 8.13. The van der Waals surface area contributed by atoms with Crippen LogP contribution in [0.5, 0.6) is 0 Å². The van der Waals surface area contributed by atoms with E-state index in [9.17, 15) is 30.0 Å². The van der Waals surface area contributed by atoms with Gasteiger partial charge in [0.25, 0.3) is 0 Å². The summed E-state index contributed by atoms with van der Waals surface area (Å²) in [6, 6.07) is 33.6. The molecular formula is C59H80Cl2N10O8S3. The third-order valence-electron chi connectivity index (χ3n) is 13.2. The Morgan fingerprint density at radius 3 is 1.48 bits per heavy atom. The maximum atomic E-state index is 12.6. The Balaban J connectivity index is 0.000000232. The van der Waals surface area contributed by atoms with E-state index in [4.69, 9.17) is 43.3 Å². The highest BCUT2D eigenvalue weighted by atomic mass is 35.7. The van der Waals surface area contributed by atoms with E-state index >= 15 is 0 Å². The molecule has 2 aromatic heterocycles. The zero-order chi connectivity index (χ0) is 60.8. The highest BCUT2D eigenvalue weighted by Crippen LogP contribution is 2.25. The van der Waals surface area contributed by atoms with Crippen molar-refractivity contribution in [3.63, 3.8) is 0 Å². The molecule has 3 atom stereocenters. The predicted octanol–water partition coefficient (Wildman–Crippen LogP) is 10.1. The number of rotatable bonds is 14. The minimum absolute atomic E-state index is 0.0819. The molecule has 3 N–H and O–H groups in total. The zero-order valence-corrected chi connectivity index (χ0v) is 52.5. The van der Waals surface area contributed by atoms with Gasteiger partial charge in [0, 0.05) is 42.9 Å². The normalized spacial score (nSPS) is 17.0. The summed E-state index contributed by atoms with van der Waals surface area (Å²) in [4.78, 5) is 15.2. The molecule has 8 rings (SSSR count). The molecule has 3 saturated heterocycles. The number of aromatic nitrogens is 4. The molecule has 0 bridgehead atoms. The van der Waals surface area contributed by atoms with Crippen molar-refractivity contribution in [1.29, 1.82) is 10.5 Å². The molecule has 5 heterocycles. The molecule has 82 heavy (non-hydrogen) atoms. The van der Waals surface area contributed by atoms with E-state index in [1.165, 1.54) is 28.8 Å². The number of hydrogen-bond donors (Lipinski definition) is 2. The molecule has 3 aromatic carbocycles. The van der Waals surface area contributed by atoms with Crippen molar-refractivity contribution in [1.82, 2.24) is 30.6 Å². The number of nitriles is 2. The van der Waals surface area contributed by atoms with E-state index in [2.05, 4.69) is 67.3 Å². The topological polar surface area (TPSA) is 272 Å². The van der Waals surface area contributed by atoms with Gasteiger partial charge in [-0.25, -0.2) is 30.0 Å². The Bertz CT molecular complexity index is 3200. The molecule has 0 radical (unpaired) electrons. The summed E-state index contributed by atoms with van der Waals surface area (Å²) in [7, 11) is -4.46. The number of carbonyl (C=O) groups excluding carboxylic acids is 1. The van der Waals surface area contributed by atoms with Crippen LogP contribution in [0.4, 0.5) is 10.6 Å². The first-order valence-corrected chi connectivity index (χ1v) is 33.8. The number of nitrogens with zero attached hydrogens (tertiary/aromatic N) is 8. The fraction of sp³-hybridized carbons (Fsp3) is 0.508. The number of anilines is 1. The predicted molar refractivity (Wildman–Crippen MR) is 325 cm³/mol. The second kappa shape index (κ2) is 32.3. The van der Waals surface area contributed by atoms with E-state index in [-0.39, 0.29) is 52.5 Å². The van der Waals surface area contributed by atoms with E-state index < -0.39 is 34.3 Å². The second-order valence-electron chi connectivity index (χ2n) is 22.7. The standard InChI is InChI=1S/C20H24N4O2S.C15H23NO2S.C10H13ClO2S.C9H18N2O2.C5H2ClN3/c1-15(2)18-5-3-16(4-6-18)13-27(25,26)14-17-9-10-24(12-17)20-8-7-19(11-21)22-23-20;1-12(2)15-5-3-13(4-6-15)10-19(17,18)11-14-7-8-16-9-14;1-8(2)10-5-3-9(4-6-10)7-14(11,12)13;1-9(2,3)13-8(12)11-5-4-7(10)6-11;6-5-2-1-4(3-7)8-9-5/h3-8,15,17H,9-10,12-14H2,1-2H3;3-6,12,14,16H,7-11H2,1-2H3;3-6,8H,7H2,1-2H3;7H,4-6,10H2,1-3H3;1-2H/t17-;14-;;7-;/m00.0./s1. The highest BCUT2D eigenvalue weighted by Gasteiger charge is 2.30. The molecular weight excluding hydrogens is 1140 g/mol. The van der Waals surface area contributed by atoms with Crippen LogP contribution in [-0.2, 0) is 50.7 Å². The Morgan fingerprint density at radius 1 is 0.646 bits per heavy atom. The van der Waals surface area contributed by atoms with Gasteiger partial charge in [0.15, 0.2) is 42.0 Å². The zero-order valence-electron chi connectivity index (χ0n) is 48.5. The lowest BCUT2D eigenvalue weighted by molar-refractivity contribution is 0.0292. The van der Waals surface area contributed by atoms with Crippen LogP contribution in [0.1, 0.15) is 144 Å². The molecule has 0 unspecified atom stereocenters. The quantitative estimate of drug-likeness (QED) is 0.0978. The molecule has 23 heteroatoms. The van der Waals surface area contributed by atoms with Gasteiger partial charge in [-0.2, -0.15) is 10.5 Å². The average Bonchev–Trinajstić information content (AvgIpc) is 4.25. The van der Waals surface area contributed by atoms with Crippen molar-refractivity contribution >= 4 is 62.9 Å². The van der Waals surface area contributed by atoms with Crippen LogP contribution in [0.25, 0.3) is 0 Å². The summed E-state index contributed by atoms with van der Waals surface area (Å²) < 4.78 is 76.3. The summed E-state index contributed by atoms with van der Waals surface area (Å²) in [6.45, 7) is 22.8. The number of ether oxygens (including phenoxy) is 1. The Morgan fingerprint density at radius 2 is 1.11 bits per heavy atom. The SMILES string of the molecule is CC(C)(C)OC(=O)N1CC[C@H](N)C1.CC(C)c1ccc(CS(=O)(=O)C[C@H]2CCN(c3ccc(C#N)nn3)C2)cc1.CC(C)c1ccc(CS(=O)(=O)C[C@H]2CCNC2)cc1.CC(C)c1ccc(CS(=O)(=O)Cl)cc1.N#Cc1ccc(Cl)nn1. The fourth-order valence-corrected chi connectivity index (χ4v) is 13.5. The monoisotopic (exact) mass is 1220 g/mol. The van der Waals surface area contributed by atoms with Crippen molar-refractivity contribution in [2.75, 3.05) is 55.7 Å². The number of halogens is 2. The van der Waals surface area contributed by atoms with Crippen LogP contribution >= 0.6 is 22.3 Å². The molecule has 1 amide bonds. The largest absolute Gasteiger partial charge is 0.444 e. The van der Waals surface area contributed by atoms with Crippen LogP contribution in [-0.4, -0.2) is 119 Å². The minimum Gasteiger partial charge on any atom is -0.444 e. The summed E-state index contributed by atoms with van der Waals surface area (Å²) in [5, 5.41) is 35.3. The first-order valence-electron chi connectivity index (χ1n) is 27.3. The molecule has 5 aromatic rings. The Labute approximate surface area is 496 Å². The van der Waals surface area contributed by atoms with Gasteiger partial charge in [-0.05, 0) is 140 Å². The summed E-state index contributed by atoms with van der Waals surface area (Å²) in [5.41, 5.74) is 11.9. The van der Waals surface area contributed by atoms with Crippen molar-refractivity contribution in [3.8, 4) is 12.1 Å². The lowest BCUT2D eigenvalue weighted by atomic mass is 10.0. The van der Waals surface area contributed by atoms with Crippen LogP contribution in [0.2, 0.25) is 5.15 Å². The van der Waals surface area contributed by atoms with Gasteiger partial charge in [-0.1, -0.05) is 126 Å². The fourth-order valence-electron chi connectivity index (χ4n) is 8.78. The van der Waals surface area contributed by atoms with Crippen LogP contribution < -0.4 is 16.0 Å². The number of benzene rings is 3. The number of likely N-dealkylation sites (tertiary alicyclic amines) is 1. The maximum Gasteiger partial charge on any atom is 0.410 e. The minimum atomic E-state index is -3.44. The van der Waals surface area contributed by atoms with Crippen molar-refractivity contribution < 1.29 is 34.8 Å². The first-order chi connectivity index (χ1) is 38.4. The van der Waals surface area contributed by atoms with E-state index in [1.807, 2.05) is 98.5 Å². The molecule has 446 valence electrons. The van der Waals surface area contributed by atoms with Gasteiger partial charge in [0.1, 0.15) is 17.7 Å². The van der Waals surface area contributed by atoms with Crippen molar-refractivity contribution in [2.24, 2.45) is 17.6 Å². The van der Waals surface area contributed by atoms with Gasteiger partial charge < -0.3 is 25.6 Å². The van der Waals surface area contributed by atoms with E-state index in [0.717, 1.165) is 62.1 Å². The number of nitrogens with one attached hydrogen (secondary N) is 1. The van der Waals surface area contributed by atoms with Gasteiger partial charge in [0.2, 0.25) is 9.05 Å². The Kier molecular flexibility index (Phi) is 27.1. The number of nitrogens with two attached hydrogens (primary N) is 1. The van der Waals surface area contributed by atoms with Gasteiger partial charge in [0.05, 0.1) is 28.8 Å². The summed E-state index contributed by atoms with van der Waals surface area (Å²) in [6.07, 6.45) is 2.42. The number of hydrogen-bond acceptors (Lipinski definition) is 17. The molecule has 3 aliphatic heterocycles. The van der Waals surface area contributed by atoms with Crippen LogP contribution in [0, 0.1) is 34.5 Å². The molecule has 0 spiro atoms. The second-order valence-corrected chi connectivity index (χ2v) is 30.0. The van der Waals surface area contributed by atoms with Gasteiger partial charge in [-0.3, -0.25) is 0 Å². The molecule has 3 aliphatic rings. The summed E-state index contributed by atoms with van der Waals surface area (Å²) in [5.74, 6) is 3.08. The van der Waals surface area contributed by atoms with Gasteiger partial charge >= 0.3 is 6.09 Å². The molecule has 0 aliphatic carbocycles. The third kappa shape index (κ3) is 26.2. The smallest absolute Gasteiger partial charge is 0.410 e. The van der Waals surface area contributed by atoms with Gasteiger partial charge in [-0.15, -0.1) is 20.4 Å². The van der Waals surface area contributed by atoms with E-state index in [0.29, 0.717) is 53.5 Å². The van der Waals surface area contributed by atoms with Crippen LogP contribution in [0.15, 0.2) is 97.1 Å². The van der Waals surface area contributed by atoms with E-state index in [1.54, 1.807) is 29.2 Å². The lowest BCUT2D eigenvalue weighted by Gasteiger charge is -2.24. The maximum absolute atomic E-state index is 12.6. The average molecular weight is 1220 g/mol. The summed E-state index contributed by atoms with van der Waals surface area (Å²) >= 11 is 5.39. The number of carbonyl (C=O) groups is 1. The lowest BCUT2D eigenvalue weighted by Crippen LogP contribution is -2.36. The molecule has 18 nitrogen and oxygen atoms in total. The van der Waals surface area contributed by atoms with Crippen molar-refractivity contribution in [2.45, 2.75) is 128 Å². The molecule has 0 saturated carbocycles.